The molecule has 2 aromatic heterocycles. The number of H-pyrrole nitrogens is 1. The second-order valence-electron chi connectivity index (χ2n) is 5.66. The Kier molecular flexibility index (Phi) is 4.36. The van der Waals surface area contributed by atoms with Gasteiger partial charge in [-0.05, 0) is 18.9 Å². The van der Waals surface area contributed by atoms with Crippen molar-refractivity contribution in [3.8, 4) is 0 Å². The van der Waals surface area contributed by atoms with Crippen LogP contribution in [-0.2, 0) is 4.79 Å². The summed E-state index contributed by atoms with van der Waals surface area (Å²) < 4.78 is 0. The van der Waals surface area contributed by atoms with Crippen molar-refractivity contribution in [2.45, 2.75) is 25.8 Å². The zero-order valence-corrected chi connectivity index (χ0v) is 13.1. The molecule has 23 heavy (non-hydrogen) atoms. The van der Waals surface area contributed by atoms with Gasteiger partial charge < -0.3 is 10.6 Å². The first-order valence-electron chi connectivity index (χ1n) is 7.67. The Hall–Kier alpha value is -2.70. The number of aromatic nitrogens is 3. The van der Waals surface area contributed by atoms with Crippen molar-refractivity contribution in [2.75, 3.05) is 13.1 Å². The van der Waals surface area contributed by atoms with Crippen LogP contribution >= 0.6 is 0 Å². The molecule has 0 aliphatic carbocycles. The maximum atomic E-state index is 11.3. The number of nitrogens with zero attached hydrogens (tertiary/aromatic N) is 4. The van der Waals surface area contributed by atoms with Gasteiger partial charge in [0.2, 0.25) is 5.91 Å². The van der Waals surface area contributed by atoms with Crippen molar-refractivity contribution < 1.29 is 4.79 Å². The quantitative estimate of drug-likeness (QED) is 0.835. The Morgan fingerprint density at radius 2 is 2.22 bits per heavy atom. The number of aromatic amines is 1. The SMILES string of the molecule is CC(=O)N1CCC(N=CC(=CN)c2cnc3cn[nH]c3c2)CC1. The Balaban J connectivity index is 1.69. The van der Waals surface area contributed by atoms with Gasteiger partial charge in [-0.2, -0.15) is 5.10 Å². The highest BCUT2D eigenvalue weighted by Gasteiger charge is 2.19. The van der Waals surface area contributed by atoms with Crippen LogP contribution in [0.1, 0.15) is 25.3 Å². The number of carbonyl (C=O) groups is 1. The summed E-state index contributed by atoms with van der Waals surface area (Å²) in [5.41, 5.74) is 9.15. The fourth-order valence-electron chi connectivity index (χ4n) is 2.72. The summed E-state index contributed by atoms with van der Waals surface area (Å²) in [6.07, 6.45) is 8.54. The molecular weight excluding hydrogens is 292 g/mol. The second kappa shape index (κ2) is 6.60. The zero-order valence-electron chi connectivity index (χ0n) is 13.1. The molecule has 0 saturated carbocycles. The number of nitrogens with two attached hydrogens (primary N) is 1. The number of amides is 1. The van der Waals surface area contributed by atoms with E-state index in [4.69, 9.17) is 5.73 Å². The molecule has 0 aromatic carbocycles. The summed E-state index contributed by atoms with van der Waals surface area (Å²) in [5.74, 6) is 0.133. The average Bonchev–Trinajstić information content (AvgIpc) is 3.03. The second-order valence-corrected chi connectivity index (χ2v) is 5.66. The molecule has 1 saturated heterocycles. The van der Waals surface area contributed by atoms with Crippen molar-refractivity contribution in [3.63, 3.8) is 0 Å². The van der Waals surface area contributed by atoms with Gasteiger partial charge in [0.05, 0.1) is 17.8 Å². The highest BCUT2D eigenvalue weighted by molar-refractivity contribution is 6.10. The molecule has 3 N–H and O–H groups in total. The lowest BCUT2D eigenvalue weighted by atomic mass is 10.1. The number of hydrogen-bond acceptors (Lipinski definition) is 5. The molecule has 1 amide bonds. The van der Waals surface area contributed by atoms with Gasteiger partial charge in [-0.3, -0.25) is 19.9 Å². The molecule has 0 spiro atoms. The van der Waals surface area contributed by atoms with Gasteiger partial charge in [0.25, 0.3) is 0 Å². The van der Waals surface area contributed by atoms with Gasteiger partial charge >= 0.3 is 0 Å². The standard InChI is InChI=1S/C16H20N6O/c1-11(23)22-4-2-14(3-5-22)18-9-13(7-17)12-6-15-16(19-8-12)10-20-21-15/h6-10,14H,2-5,17H2,1H3,(H,20,21). The Morgan fingerprint density at radius 1 is 1.43 bits per heavy atom. The Morgan fingerprint density at radius 3 is 2.91 bits per heavy atom. The Labute approximate surface area is 134 Å². The topological polar surface area (TPSA) is 100 Å². The summed E-state index contributed by atoms with van der Waals surface area (Å²) >= 11 is 0. The highest BCUT2D eigenvalue weighted by atomic mass is 16.2. The van der Waals surface area contributed by atoms with E-state index in [0.717, 1.165) is 48.1 Å². The van der Waals surface area contributed by atoms with E-state index in [1.165, 1.54) is 6.20 Å². The number of likely N-dealkylation sites (tertiary alicyclic amines) is 1. The molecule has 2 aromatic rings. The van der Waals surface area contributed by atoms with Crippen LogP contribution in [0.3, 0.4) is 0 Å². The van der Waals surface area contributed by atoms with Crippen molar-refractivity contribution in [1.29, 1.82) is 0 Å². The van der Waals surface area contributed by atoms with Crippen molar-refractivity contribution in [3.05, 3.63) is 30.2 Å². The summed E-state index contributed by atoms with van der Waals surface area (Å²) in [7, 11) is 0. The van der Waals surface area contributed by atoms with Crippen LogP contribution in [0.15, 0.2) is 29.7 Å². The van der Waals surface area contributed by atoms with E-state index in [1.807, 2.05) is 11.0 Å². The third-order valence-electron chi connectivity index (χ3n) is 4.14. The van der Waals surface area contributed by atoms with Gasteiger partial charge in [-0.1, -0.05) is 0 Å². The number of rotatable bonds is 3. The molecular formula is C16H20N6O. The van der Waals surface area contributed by atoms with Crippen LogP contribution in [0.5, 0.6) is 0 Å². The lowest BCUT2D eigenvalue weighted by molar-refractivity contribution is -0.129. The number of pyridine rings is 1. The molecule has 7 heteroatoms. The number of nitrogens with one attached hydrogen (secondary N) is 1. The monoisotopic (exact) mass is 312 g/mol. The normalized spacial score (nSPS) is 17.3. The van der Waals surface area contributed by atoms with Gasteiger partial charge in [-0.15, -0.1) is 0 Å². The summed E-state index contributed by atoms with van der Waals surface area (Å²) in [4.78, 5) is 22.2. The first-order chi connectivity index (χ1) is 11.2. The van der Waals surface area contributed by atoms with Crippen molar-refractivity contribution in [1.82, 2.24) is 20.1 Å². The largest absolute Gasteiger partial charge is 0.404 e. The minimum absolute atomic E-state index is 0.133. The van der Waals surface area contributed by atoms with Crippen LogP contribution in [-0.4, -0.2) is 51.3 Å². The first-order valence-corrected chi connectivity index (χ1v) is 7.67. The van der Waals surface area contributed by atoms with Gasteiger partial charge in [0, 0.05) is 49.8 Å². The van der Waals surface area contributed by atoms with Crippen LogP contribution in [0, 0.1) is 0 Å². The van der Waals surface area contributed by atoms with E-state index in [-0.39, 0.29) is 11.9 Å². The molecule has 0 radical (unpaired) electrons. The first kappa shape index (κ1) is 15.2. The predicted octanol–water partition coefficient (Wildman–Crippen LogP) is 1.34. The average molecular weight is 312 g/mol. The molecule has 1 fully saturated rings. The lowest BCUT2D eigenvalue weighted by Gasteiger charge is -2.29. The van der Waals surface area contributed by atoms with Crippen molar-refractivity contribution in [2.24, 2.45) is 10.7 Å². The summed E-state index contributed by atoms with van der Waals surface area (Å²) in [5, 5.41) is 6.86. The van der Waals surface area contributed by atoms with Gasteiger partial charge in [0.15, 0.2) is 0 Å². The molecule has 0 atom stereocenters. The molecule has 0 unspecified atom stereocenters. The number of allylic oxidation sites excluding steroid dienone is 1. The van der Waals surface area contributed by atoms with E-state index in [9.17, 15) is 4.79 Å². The fourth-order valence-corrected chi connectivity index (χ4v) is 2.72. The molecule has 1 aliphatic heterocycles. The van der Waals surface area contributed by atoms with Crippen LogP contribution < -0.4 is 5.73 Å². The van der Waals surface area contributed by atoms with E-state index < -0.39 is 0 Å². The molecule has 7 nitrogen and oxygen atoms in total. The smallest absolute Gasteiger partial charge is 0.219 e. The zero-order chi connectivity index (χ0) is 16.2. The van der Waals surface area contributed by atoms with E-state index >= 15 is 0 Å². The summed E-state index contributed by atoms with van der Waals surface area (Å²) in [6.45, 7) is 3.14. The number of fused-ring (bicyclic) bond motifs is 1. The number of carbonyl (C=O) groups excluding carboxylic acids is 1. The maximum absolute atomic E-state index is 11.3. The number of hydrogen-bond donors (Lipinski definition) is 2. The molecule has 120 valence electrons. The number of aliphatic imine (C=N–C) groups is 1. The molecule has 1 aliphatic rings. The third-order valence-corrected chi connectivity index (χ3v) is 4.14. The third kappa shape index (κ3) is 3.39. The van der Waals surface area contributed by atoms with Gasteiger partial charge in [-0.25, -0.2) is 0 Å². The Bertz CT molecular complexity index is 755. The lowest BCUT2D eigenvalue weighted by Crippen LogP contribution is -2.38. The molecule has 3 rings (SSSR count). The van der Waals surface area contributed by atoms with Crippen molar-refractivity contribution >= 4 is 28.7 Å². The summed E-state index contributed by atoms with van der Waals surface area (Å²) in [6, 6.07) is 2.18. The molecule has 0 bridgehead atoms. The predicted molar refractivity (Wildman–Crippen MR) is 89.8 cm³/mol. The van der Waals surface area contributed by atoms with E-state index in [2.05, 4.69) is 20.2 Å². The van der Waals surface area contributed by atoms with Crippen LogP contribution in [0.4, 0.5) is 0 Å². The number of piperidine rings is 1. The maximum Gasteiger partial charge on any atom is 0.219 e. The molecule has 3 heterocycles. The minimum atomic E-state index is 0.133. The van der Waals surface area contributed by atoms with Crippen LogP contribution in [0.2, 0.25) is 0 Å². The van der Waals surface area contributed by atoms with E-state index in [1.54, 1.807) is 25.5 Å². The highest BCUT2D eigenvalue weighted by Crippen LogP contribution is 2.18. The fraction of sp³-hybridized carbons (Fsp3) is 0.375. The minimum Gasteiger partial charge on any atom is -0.404 e. The van der Waals surface area contributed by atoms with Crippen LogP contribution in [0.25, 0.3) is 16.6 Å². The van der Waals surface area contributed by atoms with Gasteiger partial charge in [0.1, 0.15) is 5.52 Å². The van der Waals surface area contributed by atoms with E-state index in [0.29, 0.717) is 0 Å².